The molecule has 0 aromatic heterocycles. The van der Waals surface area contributed by atoms with Crippen LogP contribution in [0.2, 0.25) is 0 Å². The van der Waals surface area contributed by atoms with Crippen molar-refractivity contribution in [1.29, 1.82) is 0 Å². The predicted octanol–water partition coefficient (Wildman–Crippen LogP) is 2.04. The monoisotopic (exact) mass is 408 g/mol. The lowest BCUT2D eigenvalue weighted by molar-refractivity contribution is -0.149. The number of nitrogens with two attached hydrogens (primary N) is 1. The minimum absolute atomic E-state index is 0.290. The summed E-state index contributed by atoms with van der Waals surface area (Å²) >= 11 is 3.43. The molecule has 2 rings (SSSR count). The first-order valence-electron chi connectivity index (χ1n) is 8.05. The summed E-state index contributed by atoms with van der Waals surface area (Å²) in [6.45, 7) is 2.47. The van der Waals surface area contributed by atoms with Crippen molar-refractivity contribution in [3.63, 3.8) is 0 Å². The van der Waals surface area contributed by atoms with Crippen molar-refractivity contribution < 1.29 is 19.1 Å². The van der Waals surface area contributed by atoms with Crippen molar-refractivity contribution >= 4 is 39.8 Å². The number of halogens is 1. The van der Waals surface area contributed by atoms with Gasteiger partial charge in [-0.15, -0.1) is 0 Å². The maximum Gasteiger partial charge on any atom is 0.331 e. The van der Waals surface area contributed by atoms with Crippen LogP contribution < -0.4 is 5.73 Å². The van der Waals surface area contributed by atoms with Crippen LogP contribution >= 0.6 is 15.9 Å². The standard InChI is InChI=1S/C18H21BrN2O4/c1-12-4-5-13(15(19)9-12)6-7-17(23)25-11-16(22)21-8-2-3-14(10-21)18(20)24/h4-7,9,14H,2-3,8,10-11H2,1H3,(H2,20,24)/b7-6+/t14-/m1/s1. The van der Waals surface area contributed by atoms with Crippen molar-refractivity contribution in [3.8, 4) is 0 Å². The van der Waals surface area contributed by atoms with Gasteiger partial charge in [-0.05, 0) is 43.0 Å². The first-order chi connectivity index (χ1) is 11.9. The molecule has 0 spiro atoms. The summed E-state index contributed by atoms with van der Waals surface area (Å²) in [7, 11) is 0. The van der Waals surface area contributed by atoms with Crippen LogP contribution in [0.15, 0.2) is 28.7 Å². The smallest absolute Gasteiger partial charge is 0.331 e. The first-order valence-corrected chi connectivity index (χ1v) is 8.84. The Labute approximate surface area is 155 Å². The van der Waals surface area contributed by atoms with Gasteiger partial charge in [0.1, 0.15) is 0 Å². The number of carbonyl (C=O) groups is 3. The summed E-state index contributed by atoms with van der Waals surface area (Å²) in [6.07, 6.45) is 4.31. The quantitative estimate of drug-likeness (QED) is 0.596. The van der Waals surface area contributed by atoms with E-state index in [-0.39, 0.29) is 25.0 Å². The SMILES string of the molecule is Cc1ccc(/C=C/C(=O)OCC(=O)N2CCC[C@@H](C(N)=O)C2)c(Br)c1. The third-order valence-corrected chi connectivity index (χ3v) is 4.76. The van der Waals surface area contributed by atoms with Gasteiger partial charge in [-0.3, -0.25) is 9.59 Å². The number of nitrogens with zero attached hydrogens (tertiary/aromatic N) is 1. The maximum atomic E-state index is 12.1. The van der Waals surface area contributed by atoms with Gasteiger partial charge >= 0.3 is 5.97 Å². The number of primary amides is 1. The first kappa shape index (κ1) is 19.2. The van der Waals surface area contributed by atoms with Crippen molar-refractivity contribution in [1.82, 2.24) is 4.90 Å². The van der Waals surface area contributed by atoms with E-state index >= 15 is 0 Å². The molecular formula is C18H21BrN2O4. The molecule has 1 aromatic carbocycles. The fraction of sp³-hybridized carbons (Fsp3) is 0.389. The molecule has 1 aliphatic heterocycles. The number of likely N-dealkylation sites (tertiary alicyclic amines) is 1. The number of rotatable bonds is 5. The van der Waals surface area contributed by atoms with Crippen LogP contribution in [0.3, 0.4) is 0 Å². The Morgan fingerprint density at radius 3 is 2.84 bits per heavy atom. The zero-order valence-electron chi connectivity index (χ0n) is 14.0. The third kappa shape index (κ3) is 5.70. The molecule has 1 saturated heterocycles. The molecule has 0 unspecified atom stereocenters. The Balaban J connectivity index is 1.83. The fourth-order valence-electron chi connectivity index (χ4n) is 2.63. The molecule has 0 aliphatic carbocycles. The largest absolute Gasteiger partial charge is 0.452 e. The van der Waals surface area contributed by atoms with Gasteiger partial charge in [0.15, 0.2) is 6.61 Å². The van der Waals surface area contributed by atoms with E-state index in [1.807, 2.05) is 25.1 Å². The van der Waals surface area contributed by atoms with E-state index in [1.54, 1.807) is 6.08 Å². The van der Waals surface area contributed by atoms with Crippen LogP contribution in [0.25, 0.3) is 6.08 Å². The van der Waals surface area contributed by atoms with Gasteiger partial charge in [-0.2, -0.15) is 0 Å². The van der Waals surface area contributed by atoms with Crippen molar-refractivity contribution in [3.05, 3.63) is 39.9 Å². The molecule has 7 heteroatoms. The lowest BCUT2D eigenvalue weighted by atomic mass is 9.97. The Morgan fingerprint density at radius 1 is 1.40 bits per heavy atom. The fourth-order valence-corrected chi connectivity index (χ4v) is 3.26. The van der Waals surface area contributed by atoms with Gasteiger partial charge in [0.2, 0.25) is 5.91 Å². The van der Waals surface area contributed by atoms with E-state index in [0.29, 0.717) is 19.4 Å². The molecule has 1 heterocycles. The molecule has 1 aliphatic rings. The Kier molecular flexibility index (Phi) is 6.75. The van der Waals surface area contributed by atoms with Gasteiger partial charge in [-0.1, -0.05) is 28.1 Å². The Bertz CT molecular complexity index is 702. The van der Waals surface area contributed by atoms with Gasteiger partial charge < -0.3 is 15.4 Å². The minimum atomic E-state index is -0.593. The van der Waals surface area contributed by atoms with Crippen LogP contribution in [0.1, 0.15) is 24.0 Å². The highest BCUT2D eigenvalue weighted by molar-refractivity contribution is 9.10. The molecule has 134 valence electrons. The molecule has 1 aromatic rings. The number of piperidine rings is 1. The zero-order valence-corrected chi connectivity index (χ0v) is 15.6. The van der Waals surface area contributed by atoms with Crippen LogP contribution in [0.5, 0.6) is 0 Å². The topological polar surface area (TPSA) is 89.7 Å². The Morgan fingerprint density at radius 2 is 2.16 bits per heavy atom. The van der Waals surface area contributed by atoms with E-state index in [0.717, 1.165) is 15.6 Å². The number of hydrogen-bond acceptors (Lipinski definition) is 4. The number of aryl methyl sites for hydroxylation is 1. The molecule has 1 atom stereocenters. The highest BCUT2D eigenvalue weighted by atomic mass is 79.9. The van der Waals surface area contributed by atoms with Crippen LogP contribution in [-0.2, 0) is 19.1 Å². The summed E-state index contributed by atoms with van der Waals surface area (Å²) in [4.78, 5) is 36.7. The molecule has 0 radical (unpaired) electrons. The lowest BCUT2D eigenvalue weighted by Gasteiger charge is -2.30. The molecule has 0 bridgehead atoms. The number of ether oxygens (including phenoxy) is 1. The molecule has 25 heavy (non-hydrogen) atoms. The second-order valence-electron chi connectivity index (χ2n) is 6.05. The van der Waals surface area contributed by atoms with Gasteiger partial charge in [0, 0.05) is 23.6 Å². The van der Waals surface area contributed by atoms with Gasteiger partial charge in [0.05, 0.1) is 5.92 Å². The van der Waals surface area contributed by atoms with Crippen molar-refractivity contribution in [2.45, 2.75) is 19.8 Å². The van der Waals surface area contributed by atoms with Gasteiger partial charge in [-0.25, -0.2) is 4.79 Å². The van der Waals surface area contributed by atoms with E-state index in [9.17, 15) is 14.4 Å². The van der Waals surface area contributed by atoms with Crippen molar-refractivity contribution in [2.24, 2.45) is 11.7 Å². The van der Waals surface area contributed by atoms with Crippen LogP contribution in [0, 0.1) is 12.8 Å². The number of carbonyl (C=O) groups excluding carboxylic acids is 3. The maximum absolute atomic E-state index is 12.1. The molecule has 2 N–H and O–H groups in total. The molecule has 1 fully saturated rings. The van der Waals surface area contributed by atoms with E-state index in [1.165, 1.54) is 11.0 Å². The Hall–Kier alpha value is -2.15. The average Bonchev–Trinajstić information content (AvgIpc) is 2.59. The predicted molar refractivity (Wildman–Crippen MR) is 97.4 cm³/mol. The van der Waals surface area contributed by atoms with E-state index in [4.69, 9.17) is 10.5 Å². The molecule has 6 nitrogen and oxygen atoms in total. The van der Waals surface area contributed by atoms with Gasteiger partial charge in [0.25, 0.3) is 5.91 Å². The molecule has 2 amide bonds. The number of hydrogen-bond donors (Lipinski definition) is 1. The summed E-state index contributed by atoms with van der Waals surface area (Å²) in [6, 6.07) is 5.76. The summed E-state index contributed by atoms with van der Waals surface area (Å²) < 4.78 is 5.86. The number of amides is 2. The molecular weight excluding hydrogens is 388 g/mol. The summed E-state index contributed by atoms with van der Waals surface area (Å²) in [5.74, 6) is -1.64. The van der Waals surface area contributed by atoms with Crippen molar-refractivity contribution in [2.75, 3.05) is 19.7 Å². The normalized spacial score (nSPS) is 17.5. The summed E-state index contributed by atoms with van der Waals surface area (Å²) in [5.41, 5.74) is 7.24. The highest BCUT2D eigenvalue weighted by Crippen LogP contribution is 2.19. The number of benzene rings is 1. The lowest BCUT2D eigenvalue weighted by Crippen LogP contribution is -2.45. The van der Waals surface area contributed by atoms with Crippen LogP contribution in [0.4, 0.5) is 0 Å². The summed E-state index contributed by atoms with van der Waals surface area (Å²) in [5, 5.41) is 0. The van der Waals surface area contributed by atoms with Crippen LogP contribution in [-0.4, -0.2) is 42.4 Å². The van der Waals surface area contributed by atoms with E-state index < -0.39 is 11.9 Å². The second kappa shape index (κ2) is 8.80. The number of esters is 1. The second-order valence-corrected chi connectivity index (χ2v) is 6.90. The van der Waals surface area contributed by atoms with E-state index in [2.05, 4.69) is 15.9 Å². The third-order valence-electron chi connectivity index (χ3n) is 4.07. The highest BCUT2D eigenvalue weighted by Gasteiger charge is 2.27. The average molecular weight is 409 g/mol. The molecule has 0 saturated carbocycles. The minimum Gasteiger partial charge on any atom is -0.452 e. The zero-order chi connectivity index (χ0) is 18.4.